The Morgan fingerprint density at radius 1 is 1.19 bits per heavy atom. The van der Waals surface area contributed by atoms with Crippen molar-refractivity contribution in [2.24, 2.45) is 5.73 Å². The Kier molecular flexibility index (Phi) is 6.40. The number of benzene rings is 2. The van der Waals surface area contributed by atoms with Crippen LogP contribution in [0.25, 0.3) is 10.9 Å². The highest BCUT2D eigenvalue weighted by Gasteiger charge is 2.13. The van der Waals surface area contributed by atoms with Gasteiger partial charge in [0.1, 0.15) is 18.2 Å². The first-order valence-electron chi connectivity index (χ1n) is 8.41. The van der Waals surface area contributed by atoms with Crippen LogP contribution in [0.3, 0.4) is 0 Å². The van der Waals surface area contributed by atoms with Gasteiger partial charge in [-0.2, -0.15) is 0 Å². The maximum Gasteiger partial charge on any atom is 0.286 e. The van der Waals surface area contributed by atoms with Crippen LogP contribution in [-0.4, -0.2) is 35.7 Å². The minimum atomic E-state index is -0.690. The molecule has 2 aromatic carbocycles. The van der Waals surface area contributed by atoms with Crippen molar-refractivity contribution in [2.75, 3.05) is 25.1 Å². The number of nitrogens with one attached hydrogen (secondary N) is 1. The fourth-order valence-corrected chi connectivity index (χ4v) is 3.01. The van der Waals surface area contributed by atoms with Gasteiger partial charge in [0.05, 0.1) is 12.1 Å². The smallest absolute Gasteiger partial charge is 0.286 e. The van der Waals surface area contributed by atoms with Gasteiger partial charge in [-0.25, -0.2) is 9.97 Å². The topological polar surface area (TPSA) is 99.4 Å². The first-order valence-corrected chi connectivity index (χ1v) is 9.49. The fourth-order valence-electron chi connectivity index (χ4n) is 2.47. The number of hydrogen-bond donors (Lipinski definition) is 2. The fraction of sp³-hybridized carbons (Fsp3) is 0.211. The van der Waals surface area contributed by atoms with E-state index in [1.807, 2.05) is 43.3 Å². The van der Waals surface area contributed by atoms with E-state index in [1.54, 1.807) is 6.07 Å². The molecule has 0 radical (unpaired) electrons. The second-order valence-corrected chi connectivity index (χ2v) is 6.87. The van der Waals surface area contributed by atoms with Crippen molar-refractivity contribution < 1.29 is 14.3 Å². The van der Waals surface area contributed by atoms with Gasteiger partial charge in [0.2, 0.25) is 5.82 Å². The van der Waals surface area contributed by atoms with E-state index >= 15 is 0 Å². The Morgan fingerprint density at radius 3 is 2.78 bits per heavy atom. The average molecular weight is 478 g/mol. The Labute approximate surface area is 170 Å². The molecule has 0 saturated heterocycles. The number of anilines is 2. The Morgan fingerprint density at radius 2 is 2.04 bits per heavy atom. The van der Waals surface area contributed by atoms with Gasteiger partial charge in [0.25, 0.3) is 5.91 Å². The van der Waals surface area contributed by atoms with Crippen molar-refractivity contribution in [1.29, 1.82) is 0 Å². The highest BCUT2D eigenvalue weighted by molar-refractivity contribution is 14.1. The summed E-state index contributed by atoms with van der Waals surface area (Å²) in [5.74, 6) is 0.403. The van der Waals surface area contributed by atoms with E-state index in [4.69, 9.17) is 15.2 Å². The third kappa shape index (κ3) is 5.04. The molecule has 0 aliphatic carbocycles. The molecular formula is C19H19IN4O3. The summed E-state index contributed by atoms with van der Waals surface area (Å²) < 4.78 is 12.0. The Bertz CT molecular complexity index is 965. The number of nitrogens with zero attached hydrogens (tertiary/aromatic N) is 2. The van der Waals surface area contributed by atoms with Crippen LogP contribution < -0.4 is 15.8 Å². The lowest BCUT2D eigenvalue weighted by atomic mass is 10.2. The largest absolute Gasteiger partial charge is 0.491 e. The summed E-state index contributed by atoms with van der Waals surface area (Å²) in [7, 11) is 0. The number of primary amides is 1. The molecule has 8 heteroatoms. The summed E-state index contributed by atoms with van der Waals surface area (Å²) in [6.45, 7) is 3.51. The maximum absolute atomic E-state index is 11.7. The van der Waals surface area contributed by atoms with E-state index in [-0.39, 0.29) is 5.82 Å². The number of amides is 1. The summed E-state index contributed by atoms with van der Waals surface area (Å²) >= 11 is 2.23. The van der Waals surface area contributed by atoms with Gasteiger partial charge in [-0.15, -0.1) is 0 Å². The van der Waals surface area contributed by atoms with E-state index in [9.17, 15) is 4.79 Å². The van der Waals surface area contributed by atoms with E-state index in [0.717, 1.165) is 14.6 Å². The van der Waals surface area contributed by atoms with Gasteiger partial charge >= 0.3 is 0 Å². The van der Waals surface area contributed by atoms with E-state index in [1.165, 1.54) is 0 Å². The number of hydrogen-bond acceptors (Lipinski definition) is 6. The van der Waals surface area contributed by atoms with Crippen molar-refractivity contribution in [3.63, 3.8) is 0 Å². The van der Waals surface area contributed by atoms with E-state index < -0.39 is 5.91 Å². The first kappa shape index (κ1) is 19.3. The van der Waals surface area contributed by atoms with Gasteiger partial charge in [-0.3, -0.25) is 4.79 Å². The molecule has 0 saturated carbocycles. The summed E-state index contributed by atoms with van der Waals surface area (Å²) in [5, 5.41) is 4.00. The maximum atomic E-state index is 11.7. The molecule has 0 unspecified atom stereocenters. The van der Waals surface area contributed by atoms with Crippen LogP contribution >= 0.6 is 22.6 Å². The number of nitrogens with two attached hydrogens (primary N) is 1. The molecule has 1 heterocycles. The van der Waals surface area contributed by atoms with Crippen LogP contribution in [-0.2, 0) is 4.74 Å². The zero-order valence-corrected chi connectivity index (χ0v) is 16.9. The highest BCUT2D eigenvalue weighted by atomic mass is 127. The molecule has 3 N–H and O–H groups in total. The molecule has 3 rings (SSSR count). The third-order valence-electron chi connectivity index (χ3n) is 3.68. The van der Waals surface area contributed by atoms with Crippen molar-refractivity contribution in [1.82, 2.24) is 9.97 Å². The SMILES string of the molecule is CCOCCOc1ccc2c(Nc3cccc(I)c3)nc(C(N)=O)nc2c1. The van der Waals surface area contributed by atoms with Gasteiger partial charge < -0.3 is 20.5 Å². The van der Waals surface area contributed by atoms with E-state index in [2.05, 4.69) is 37.9 Å². The number of fused-ring (bicyclic) bond motifs is 1. The molecule has 140 valence electrons. The third-order valence-corrected chi connectivity index (χ3v) is 4.35. The predicted octanol–water partition coefficient (Wildman–Crippen LogP) is 3.49. The second kappa shape index (κ2) is 8.96. The molecule has 0 fully saturated rings. The van der Waals surface area contributed by atoms with Crippen molar-refractivity contribution >= 4 is 50.9 Å². The molecule has 0 atom stereocenters. The molecule has 0 aliphatic heterocycles. The van der Waals surface area contributed by atoms with Gasteiger partial charge in [0.15, 0.2) is 0 Å². The van der Waals surface area contributed by atoms with Gasteiger partial charge in [0, 0.05) is 27.3 Å². The van der Waals surface area contributed by atoms with E-state index in [0.29, 0.717) is 36.9 Å². The number of carbonyl (C=O) groups is 1. The standard InChI is InChI=1S/C19H19IN4O3/c1-2-26-8-9-27-14-6-7-15-16(11-14)23-19(17(21)25)24-18(15)22-13-5-3-4-12(20)10-13/h3-7,10-11H,2,8-9H2,1H3,(H2,21,25)(H,22,23,24). The Balaban J connectivity index is 1.95. The van der Waals surface area contributed by atoms with Crippen LogP contribution in [0.2, 0.25) is 0 Å². The minimum absolute atomic E-state index is 0.0536. The van der Waals surface area contributed by atoms with Gasteiger partial charge in [-0.05, 0) is 59.8 Å². The molecule has 27 heavy (non-hydrogen) atoms. The zero-order chi connectivity index (χ0) is 19.2. The first-order chi connectivity index (χ1) is 13.1. The minimum Gasteiger partial charge on any atom is -0.491 e. The molecule has 0 bridgehead atoms. The average Bonchev–Trinajstić information content (AvgIpc) is 2.65. The number of carbonyl (C=O) groups excluding carboxylic acids is 1. The van der Waals surface area contributed by atoms with Crippen LogP contribution in [0, 0.1) is 3.57 Å². The van der Waals surface area contributed by atoms with Crippen molar-refractivity contribution in [3.8, 4) is 5.75 Å². The normalized spacial score (nSPS) is 10.7. The molecule has 3 aromatic rings. The summed E-state index contributed by atoms with van der Waals surface area (Å²) in [5.41, 5.74) is 6.83. The number of halogens is 1. The van der Waals surface area contributed by atoms with Crippen molar-refractivity contribution in [3.05, 3.63) is 51.9 Å². The Hall–Kier alpha value is -2.46. The van der Waals surface area contributed by atoms with Gasteiger partial charge in [-0.1, -0.05) is 6.07 Å². The van der Waals surface area contributed by atoms with Crippen LogP contribution in [0.1, 0.15) is 17.5 Å². The van der Waals surface area contributed by atoms with Crippen LogP contribution in [0.15, 0.2) is 42.5 Å². The second-order valence-electron chi connectivity index (χ2n) is 5.62. The quantitative estimate of drug-likeness (QED) is 0.380. The predicted molar refractivity (Wildman–Crippen MR) is 112 cm³/mol. The summed E-state index contributed by atoms with van der Waals surface area (Å²) in [4.78, 5) is 20.2. The lowest BCUT2D eigenvalue weighted by Gasteiger charge is -2.12. The number of ether oxygens (including phenoxy) is 2. The molecule has 7 nitrogen and oxygen atoms in total. The highest BCUT2D eigenvalue weighted by Crippen LogP contribution is 2.27. The van der Waals surface area contributed by atoms with Crippen LogP contribution in [0.4, 0.5) is 11.5 Å². The molecule has 0 aliphatic rings. The summed E-state index contributed by atoms with van der Waals surface area (Å²) in [6, 6.07) is 13.3. The molecular weight excluding hydrogens is 459 g/mol. The number of aromatic nitrogens is 2. The van der Waals surface area contributed by atoms with Crippen molar-refractivity contribution in [2.45, 2.75) is 6.92 Å². The molecule has 1 amide bonds. The lowest BCUT2D eigenvalue weighted by molar-refractivity contribution is 0.0991. The molecule has 0 spiro atoms. The lowest BCUT2D eigenvalue weighted by Crippen LogP contribution is -2.16. The zero-order valence-electron chi connectivity index (χ0n) is 14.7. The summed E-state index contributed by atoms with van der Waals surface area (Å²) in [6.07, 6.45) is 0. The monoisotopic (exact) mass is 478 g/mol. The molecule has 1 aromatic heterocycles. The van der Waals surface area contributed by atoms with Crippen LogP contribution in [0.5, 0.6) is 5.75 Å². The number of rotatable bonds is 8.